The molecule has 0 radical (unpaired) electrons. The maximum Gasteiger partial charge on any atom is 0.326 e. The predicted molar refractivity (Wildman–Crippen MR) is 67.3 cm³/mol. The van der Waals surface area contributed by atoms with Crippen molar-refractivity contribution in [2.24, 2.45) is 5.73 Å². The van der Waals surface area contributed by atoms with Crippen molar-refractivity contribution >= 4 is 5.97 Å². The van der Waals surface area contributed by atoms with Crippen LogP contribution in [0.3, 0.4) is 0 Å². The van der Waals surface area contributed by atoms with Gasteiger partial charge in [0.15, 0.2) is 11.5 Å². The summed E-state index contributed by atoms with van der Waals surface area (Å²) in [6.45, 7) is 5.07. The van der Waals surface area contributed by atoms with Crippen molar-refractivity contribution in [3.63, 3.8) is 0 Å². The molecule has 0 saturated carbocycles. The molecule has 18 heavy (non-hydrogen) atoms. The number of ether oxygens (including phenoxy) is 1. The fourth-order valence-corrected chi connectivity index (χ4v) is 1.52. The number of hydrogen-bond acceptors (Lipinski definition) is 5. The zero-order valence-corrected chi connectivity index (χ0v) is 10.8. The van der Waals surface area contributed by atoms with Crippen molar-refractivity contribution in [2.75, 3.05) is 0 Å². The summed E-state index contributed by atoms with van der Waals surface area (Å²) in [4.78, 5) is 11.8. The first kappa shape index (κ1) is 14.3. The number of aromatic hydroxyl groups is 2. The van der Waals surface area contributed by atoms with E-state index in [0.717, 1.165) is 0 Å². The lowest BCUT2D eigenvalue weighted by atomic mass is 9.94. The number of esters is 1. The zero-order valence-electron chi connectivity index (χ0n) is 10.8. The largest absolute Gasteiger partial charge is 0.504 e. The monoisotopic (exact) mass is 253 g/mol. The van der Waals surface area contributed by atoms with Crippen LogP contribution < -0.4 is 5.73 Å². The molecule has 0 heterocycles. The molecular formula is C13H19NO4. The molecule has 0 unspecified atom stereocenters. The molecule has 0 aliphatic rings. The molecule has 1 rings (SSSR count). The molecule has 100 valence electrons. The first-order valence-corrected chi connectivity index (χ1v) is 5.73. The van der Waals surface area contributed by atoms with Crippen LogP contribution in [0.5, 0.6) is 11.5 Å². The Balaban J connectivity index is 2.81. The number of nitrogens with two attached hydrogens (primary N) is 1. The number of benzene rings is 1. The molecule has 0 spiro atoms. The summed E-state index contributed by atoms with van der Waals surface area (Å²) < 4.78 is 5.07. The van der Waals surface area contributed by atoms with E-state index in [1.54, 1.807) is 26.8 Å². The third-order valence-electron chi connectivity index (χ3n) is 2.42. The highest BCUT2D eigenvalue weighted by Gasteiger charge is 2.31. The van der Waals surface area contributed by atoms with Crippen molar-refractivity contribution in [3.8, 4) is 11.5 Å². The summed E-state index contributed by atoms with van der Waals surface area (Å²) in [5.74, 6) is -0.937. The van der Waals surface area contributed by atoms with Crippen LogP contribution in [-0.4, -0.2) is 27.8 Å². The second-order valence-corrected chi connectivity index (χ2v) is 4.87. The Labute approximate surface area is 106 Å². The average molecular weight is 253 g/mol. The number of carbonyl (C=O) groups excluding carboxylic acids is 1. The standard InChI is InChI=1S/C13H19NO4/c1-8(2)18-12(17)13(3,14)7-9-4-5-10(15)11(16)6-9/h4-6,8,15-16H,7,14H2,1-3H3/t13-/m0/s1. The van der Waals surface area contributed by atoms with Crippen LogP contribution in [0.2, 0.25) is 0 Å². The summed E-state index contributed by atoms with van der Waals surface area (Å²) in [7, 11) is 0. The van der Waals surface area contributed by atoms with Crippen molar-refractivity contribution in [1.29, 1.82) is 0 Å². The van der Waals surface area contributed by atoms with Gasteiger partial charge in [0.1, 0.15) is 5.54 Å². The Bertz CT molecular complexity index is 441. The highest BCUT2D eigenvalue weighted by atomic mass is 16.5. The maximum absolute atomic E-state index is 11.8. The lowest BCUT2D eigenvalue weighted by molar-refractivity contribution is -0.153. The number of phenolic OH excluding ortho intramolecular Hbond substituents is 2. The molecule has 4 N–H and O–H groups in total. The van der Waals surface area contributed by atoms with E-state index in [1.807, 2.05) is 0 Å². The number of carbonyl (C=O) groups is 1. The molecule has 0 aromatic heterocycles. The number of hydrogen-bond donors (Lipinski definition) is 3. The van der Waals surface area contributed by atoms with E-state index in [1.165, 1.54) is 12.1 Å². The first-order chi connectivity index (χ1) is 8.22. The highest BCUT2D eigenvalue weighted by molar-refractivity contribution is 5.80. The van der Waals surface area contributed by atoms with Crippen molar-refractivity contribution < 1.29 is 19.7 Å². The fourth-order valence-electron chi connectivity index (χ4n) is 1.52. The van der Waals surface area contributed by atoms with Gasteiger partial charge in [0.05, 0.1) is 6.10 Å². The summed E-state index contributed by atoms with van der Waals surface area (Å²) >= 11 is 0. The first-order valence-electron chi connectivity index (χ1n) is 5.73. The Morgan fingerprint density at radius 1 is 1.39 bits per heavy atom. The normalized spacial score (nSPS) is 14.3. The van der Waals surface area contributed by atoms with Crippen LogP contribution in [0.4, 0.5) is 0 Å². The minimum atomic E-state index is -1.17. The maximum atomic E-state index is 11.8. The molecule has 0 fully saturated rings. The van der Waals surface area contributed by atoms with Crippen LogP contribution in [0.25, 0.3) is 0 Å². The van der Waals surface area contributed by atoms with Crippen LogP contribution in [0.15, 0.2) is 18.2 Å². The van der Waals surface area contributed by atoms with Gasteiger partial charge in [-0.1, -0.05) is 6.07 Å². The van der Waals surface area contributed by atoms with Gasteiger partial charge in [-0.3, -0.25) is 4.79 Å². The van der Waals surface area contributed by atoms with Crippen LogP contribution in [-0.2, 0) is 16.0 Å². The Morgan fingerprint density at radius 3 is 2.50 bits per heavy atom. The molecular weight excluding hydrogens is 234 g/mol. The van der Waals surface area contributed by atoms with Crippen molar-refractivity contribution in [1.82, 2.24) is 0 Å². The van der Waals surface area contributed by atoms with E-state index < -0.39 is 11.5 Å². The molecule has 5 nitrogen and oxygen atoms in total. The van der Waals surface area contributed by atoms with Gasteiger partial charge in [-0.25, -0.2) is 0 Å². The van der Waals surface area contributed by atoms with E-state index >= 15 is 0 Å². The fraction of sp³-hybridized carbons (Fsp3) is 0.462. The van der Waals surface area contributed by atoms with E-state index in [9.17, 15) is 15.0 Å². The minimum Gasteiger partial charge on any atom is -0.504 e. The van der Waals surface area contributed by atoms with Crippen molar-refractivity contribution in [3.05, 3.63) is 23.8 Å². The zero-order chi connectivity index (χ0) is 13.9. The molecule has 1 atom stereocenters. The SMILES string of the molecule is CC(C)OC(=O)[C@@](C)(N)Cc1ccc(O)c(O)c1. The number of rotatable bonds is 4. The summed E-state index contributed by atoms with van der Waals surface area (Å²) in [5.41, 5.74) is 5.39. The average Bonchev–Trinajstić information content (AvgIpc) is 2.22. The second kappa shape index (κ2) is 5.27. The van der Waals surface area contributed by atoms with Crippen LogP contribution in [0, 0.1) is 0 Å². The molecule has 1 aromatic carbocycles. The van der Waals surface area contributed by atoms with Gasteiger partial charge in [-0.2, -0.15) is 0 Å². The van der Waals surface area contributed by atoms with E-state index in [0.29, 0.717) is 5.56 Å². The Kier molecular flexibility index (Phi) is 4.19. The predicted octanol–water partition coefficient (Wildman–Crippen LogP) is 1.31. The Hall–Kier alpha value is -1.75. The third kappa shape index (κ3) is 3.63. The molecule has 0 amide bonds. The van der Waals surface area contributed by atoms with Gasteiger partial charge in [-0.05, 0) is 38.5 Å². The molecule has 0 saturated heterocycles. The quantitative estimate of drug-likeness (QED) is 0.555. The highest BCUT2D eigenvalue weighted by Crippen LogP contribution is 2.26. The third-order valence-corrected chi connectivity index (χ3v) is 2.42. The van der Waals surface area contributed by atoms with Gasteiger partial charge >= 0.3 is 5.97 Å². The molecule has 5 heteroatoms. The van der Waals surface area contributed by atoms with E-state index in [2.05, 4.69) is 0 Å². The lowest BCUT2D eigenvalue weighted by Gasteiger charge is -2.24. The second-order valence-electron chi connectivity index (χ2n) is 4.87. The van der Waals surface area contributed by atoms with Gasteiger partial charge in [0.2, 0.25) is 0 Å². The number of phenols is 2. The topological polar surface area (TPSA) is 92.8 Å². The molecule has 0 aliphatic heterocycles. The summed E-state index contributed by atoms with van der Waals surface area (Å²) in [6.07, 6.45) is -0.0135. The Morgan fingerprint density at radius 2 is 2.00 bits per heavy atom. The van der Waals surface area contributed by atoms with Crippen LogP contribution in [0.1, 0.15) is 26.3 Å². The minimum absolute atomic E-state index is 0.206. The van der Waals surface area contributed by atoms with Gasteiger partial charge in [0.25, 0.3) is 0 Å². The van der Waals surface area contributed by atoms with E-state index in [-0.39, 0.29) is 24.0 Å². The smallest absolute Gasteiger partial charge is 0.326 e. The van der Waals surface area contributed by atoms with E-state index in [4.69, 9.17) is 10.5 Å². The molecule has 1 aromatic rings. The summed E-state index contributed by atoms with van der Waals surface area (Å²) in [6, 6.07) is 4.33. The van der Waals surface area contributed by atoms with Crippen molar-refractivity contribution in [2.45, 2.75) is 38.8 Å². The van der Waals surface area contributed by atoms with Gasteiger partial charge in [-0.15, -0.1) is 0 Å². The summed E-state index contributed by atoms with van der Waals surface area (Å²) in [5, 5.41) is 18.6. The lowest BCUT2D eigenvalue weighted by Crippen LogP contribution is -2.48. The molecule has 0 bridgehead atoms. The van der Waals surface area contributed by atoms with Gasteiger partial charge in [0, 0.05) is 6.42 Å². The van der Waals surface area contributed by atoms with Gasteiger partial charge < -0.3 is 20.7 Å². The van der Waals surface area contributed by atoms with Crippen LogP contribution >= 0.6 is 0 Å². The molecule has 0 aliphatic carbocycles.